The molecule has 0 aliphatic carbocycles. The van der Waals surface area contributed by atoms with Gasteiger partial charge in [0.2, 0.25) is 0 Å². The highest BCUT2D eigenvalue weighted by molar-refractivity contribution is 5.92. The quantitative estimate of drug-likeness (QED) is 0.789. The van der Waals surface area contributed by atoms with Gasteiger partial charge in [-0.3, -0.25) is 4.79 Å². The second kappa shape index (κ2) is 5.43. The SMILES string of the molecule is N#CN1C[C@H]2CCN(C(=O)c3ccn(-c4ccccc4)n3)[C@H]2C1. The van der Waals surface area contributed by atoms with Crippen LogP contribution in [0.1, 0.15) is 16.9 Å². The van der Waals surface area contributed by atoms with Gasteiger partial charge in [-0.05, 0) is 24.6 Å². The molecular weight excluding hydrogens is 290 g/mol. The topological polar surface area (TPSA) is 65.2 Å². The molecule has 0 saturated carbocycles. The molecule has 2 fully saturated rings. The summed E-state index contributed by atoms with van der Waals surface area (Å²) < 4.78 is 1.72. The molecule has 2 saturated heterocycles. The van der Waals surface area contributed by atoms with Crippen molar-refractivity contribution in [3.05, 3.63) is 48.3 Å². The molecule has 2 aliphatic rings. The summed E-state index contributed by atoms with van der Waals surface area (Å²) in [5, 5.41) is 13.5. The number of amides is 1. The lowest BCUT2D eigenvalue weighted by Crippen LogP contribution is -2.39. The van der Waals surface area contributed by atoms with Crippen LogP contribution in [0.5, 0.6) is 0 Å². The van der Waals surface area contributed by atoms with Gasteiger partial charge in [-0.2, -0.15) is 10.4 Å². The molecule has 6 nitrogen and oxygen atoms in total. The number of likely N-dealkylation sites (tertiary alicyclic amines) is 2. The second-order valence-corrected chi connectivity index (χ2v) is 6.10. The van der Waals surface area contributed by atoms with Crippen molar-refractivity contribution < 1.29 is 4.79 Å². The van der Waals surface area contributed by atoms with Crippen LogP contribution < -0.4 is 0 Å². The first-order valence-corrected chi connectivity index (χ1v) is 7.83. The summed E-state index contributed by atoms with van der Waals surface area (Å²) in [6, 6.07) is 11.6. The fraction of sp³-hybridized carbons (Fsp3) is 0.353. The third-order valence-electron chi connectivity index (χ3n) is 4.78. The number of nitriles is 1. The van der Waals surface area contributed by atoms with Crippen LogP contribution >= 0.6 is 0 Å². The average Bonchev–Trinajstić information content (AvgIpc) is 3.30. The molecular formula is C17H17N5O. The van der Waals surface area contributed by atoms with Gasteiger partial charge in [-0.25, -0.2) is 4.68 Å². The predicted molar refractivity (Wildman–Crippen MR) is 83.7 cm³/mol. The summed E-state index contributed by atoms with van der Waals surface area (Å²) >= 11 is 0. The number of benzene rings is 1. The first-order chi connectivity index (χ1) is 11.3. The molecule has 116 valence electrons. The van der Waals surface area contributed by atoms with Gasteiger partial charge in [-0.1, -0.05) is 18.2 Å². The number of carbonyl (C=O) groups is 1. The Labute approximate surface area is 134 Å². The van der Waals surface area contributed by atoms with Gasteiger partial charge in [0.25, 0.3) is 5.91 Å². The first kappa shape index (κ1) is 13.8. The van der Waals surface area contributed by atoms with E-state index in [0.29, 0.717) is 18.2 Å². The Morgan fingerprint density at radius 2 is 2.04 bits per heavy atom. The average molecular weight is 307 g/mol. The van der Waals surface area contributed by atoms with Crippen molar-refractivity contribution in [2.24, 2.45) is 5.92 Å². The van der Waals surface area contributed by atoms with Gasteiger partial charge in [0.05, 0.1) is 11.7 Å². The zero-order valence-electron chi connectivity index (χ0n) is 12.7. The molecule has 1 aromatic heterocycles. The van der Waals surface area contributed by atoms with Crippen LogP contribution in [0.4, 0.5) is 0 Å². The lowest BCUT2D eigenvalue weighted by atomic mass is 10.1. The second-order valence-electron chi connectivity index (χ2n) is 6.10. The zero-order chi connectivity index (χ0) is 15.8. The predicted octanol–water partition coefficient (Wildman–Crippen LogP) is 1.50. The van der Waals surface area contributed by atoms with Gasteiger partial charge in [0.1, 0.15) is 0 Å². The summed E-state index contributed by atoms with van der Waals surface area (Å²) in [5.41, 5.74) is 1.40. The largest absolute Gasteiger partial charge is 0.332 e. The van der Waals surface area contributed by atoms with Crippen LogP contribution in [-0.4, -0.2) is 51.2 Å². The van der Waals surface area contributed by atoms with Gasteiger partial charge in [-0.15, -0.1) is 0 Å². The van der Waals surface area contributed by atoms with Gasteiger partial charge >= 0.3 is 0 Å². The fourth-order valence-electron chi connectivity index (χ4n) is 3.61. The molecule has 1 aromatic carbocycles. The van der Waals surface area contributed by atoms with Crippen molar-refractivity contribution in [3.8, 4) is 11.9 Å². The van der Waals surface area contributed by atoms with Crippen LogP contribution in [0.15, 0.2) is 42.6 Å². The fourth-order valence-corrected chi connectivity index (χ4v) is 3.61. The summed E-state index contributed by atoms with van der Waals surface area (Å²) in [5.74, 6) is 0.377. The van der Waals surface area contributed by atoms with E-state index in [1.807, 2.05) is 41.4 Å². The lowest BCUT2D eigenvalue weighted by Gasteiger charge is -2.22. The van der Waals surface area contributed by atoms with Crippen LogP contribution in [0, 0.1) is 17.4 Å². The monoisotopic (exact) mass is 307 g/mol. The molecule has 3 heterocycles. The molecule has 0 N–H and O–H groups in total. The Morgan fingerprint density at radius 3 is 2.83 bits per heavy atom. The van der Waals surface area contributed by atoms with Crippen LogP contribution in [0.25, 0.3) is 5.69 Å². The van der Waals surface area contributed by atoms with E-state index in [9.17, 15) is 4.79 Å². The van der Waals surface area contributed by atoms with E-state index in [1.54, 1.807) is 15.6 Å². The molecule has 0 bridgehead atoms. The minimum atomic E-state index is -0.0352. The third kappa shape index (κ3) is 2.34. The maximum Gasteiger partial charge on any atom is 0.274 e. The minimum absolute atomic E-state index is 0.0352. The highest BCUT2D eigenvalue weighted by Gasteiger charge is 2.43. The van der Waals surface area contributed by atoms with Gasteiger partial charge in [0.15, 0.2) is 11.9 Å². The van der Waals surface area contributed by atoms with Gasteiger partial charge < -0.3 is 9.80 Å². The standard InChI is InChI=1S/C17H17N5O/c18-12-20-10-13-6-8-21(16(13)11-20)17(23)15-7-9-22(19-15)14-4-2-1-3-5-14/h1-5,7,9,13,16H,6,8,10-11H2/t13-,16+/m1/s1. The van der Waals surface area contributed by atoms with Crippen molar-refractivity contribution in [2.45, 2.75) is 12.5 Å². The van der Waals surface area contributed by atoms with E-state index in [0.717, 1.165) is 25.2 Å². The molecule has 1 amide bonds. The van der Waals surface area contributed by atoms with E-state index in [4.69, 9.17) is 5.26 Å². The maximum atomic E-state index is 12.8. The molecule has 0 spiro atoms. The van der Waals surface area contributed by atoms with Crippen molar-refractivity contribution in [1.29, 1.82) is 5.26 Å². The van der Waals surface area contributed by atoms with E-state index in [2.05, 4.69) is 11.3 Å². The van der Waals surface area contributed by atoms with E-state index in [-0.39, 0.29) is 11.9 Å². The first-order valence-electron chi connectivity index (χ1n) is 7.83. The summed E-state index contributed by atoms with van der Waals surface area (Å²) in [6.07, 6.45) is 4.97. The molecule has 0 radical (unpaired) electrons. The maximum absolute atomic E-state index is 12.8. The Balaban J connectivity index is 1.54. The number of rotatable bonds is 2. The highest BCUT2D eigenvalue weighted by Crippen LogP contribution is 2.31. The van der Waals surface area contributed by atoms with Crippen molar-refractivity contribution >= 4 is 5.91 Å². The molecule has 0 unspecified atom stereocenters. The number of hydrogen-bond acceptors (Lipinski definition) is 4. The van der Waals surface area contributed by atoms with Crippen LogP contribution in [0.2, 0.25) is 0 Å². The smallest absolute Gasteiger partial charge is 0.274 e. The molecule has 4 rings (SSSR count). The Morgan fingerprint density at radius 1 is 1.22 bits per heavy atom. The van der Waals surface area contributed by atoms with Crippen molar-refractivity contribution in [3.63, 3.8) is 0 Å². The molecule has 2 aliphatic heterocycles. The summed E-state index contributed by atoms with van der Waals surface area (Å²) in [4.78, 5) is 16.4. The van der Waals surface area contributed by atoms with E-state index >= 15 is 0 Å². The lowest BCUT2D eigenvalue weighted by molar-refractivity contribution is 0.0725. The molecule has 6 heteroatoms. The number of nitrogens with zero attached hydrogens (tertiary/aromatic N) is 5. The molecule has 2 atom stereocenters. The van der Waals surface area contributed by atoms with Crippen molar-refractivity contribution in [1.82, 2.24) is 19.6 Å². The van der Waals surface area contributed by atoms with E-state index in [1.165, 1.54) is 0 Å². The number of fused-ring (bicyclic) bond motifs is 1. The van der Waals surface area contributed by atoms with Crippen LogP contribution in [0.3, 0.4) is 0 Å². The van der Waals surface area contributed by atoms with Gasteiger partial charge in [0, 0.05) is 31.7 Å². The number of aromatic nitrogens is 2. The zero-order valence-corrected chi connectivity index (χ0v) is 12.7. The third-order valence-corrected chi connectivity index (χ3v) is 4.78. The normalized spacial score (nSPS) is 22.9. The highest BCUT2D eigenvalue weighted by atomic mass is 16.2. The van der Waals surface area contributed by atoms with Crippen LogP contribution in [-0.2, 0) is 0 Å². The van der Waals surface area contributed by atoms with Crippen molar-refractivity contribution in [2.75, 3.05) is 19.6 Å². The number of hydrogen-bond donors (Lipinski definition) is 0. The Hall–Kier alpha value is -2.81. The van der Waals surface area contributed by atoms with E-state index < -0.39 is 0 Å². The molecule has 23 heavy (non-hydrogen) atoms. The molecule has 2 aromatic rings. The summed E-state index contributed by atoms with van der Waals surface area (Å²) in [7, 11) is 0. The summed E-state index contributed by atoms with van der Waals surface area (Å²) in [6.45, 7) is 2.17. The minimum Gasteiger partial charge on any atom is -0.332 e. The Kier molecular flexibility index (Phi) is 3.27. The number of carbonyl (C=O) groups excluding carboxylic acids is 1. The Bertz CT molecular complexity index is 763. The number of para-hydroxylation sites is 1.